The van der Waals surface area contributed by atoms with E-state index in [1.807, 2.05) is 14.7 Å². The number of amidine groups is 3. The van der Waals surface area contributed by atoms with Gasteiger partial charge in [0.2, 0.25) is 0 Å². The van der Waals surface area contributed by atoms with Crippen LogP contribution in [0.2, 0.25) is 15.1 Å². The predicted molar refractivity (Wildman–Crippen MR) is 384 cm³/mol. The zero-order chi connectivity index (χ0) is 72.7. The van der Waals surface area contributed by atoms with Crippen molar-refractivity contribution in [1.29, 1.82) is 16.2 Å². The Balaban J connectivity index is 0.000000165. The lowest BCUT2D eigenvalue weighted by molar-refractivity contribution is 0.0976. The molecule has 9 aromatic rings. The van der Waals surface area contributed by atoms with Gasteiger partial charge < -0.3 is 30.7 Å². The van der Waals surface area contributed by atoms with Gasteiger partial charge in [0.1, 0.15) is 52.4 Å². The Morgan fingerprint density at radius 2 is 0.569 bits per heavy atom. The van der Waals surface area contributed by atoms with Crippen LogP contribution in [0.3, 0.4) is 0 Å². The van der Waals surface area contributed by atoms with Gasteiger partial charge in [0.05, 0.1) is 16.7 Å². The molecular weight excluding hydrogens is 1380 g/mol. The fraction of sp³-hybridized carbons (Fsp3) is 0.192. The second kappa shape index (κ2) is 34.1. The summed E-state index contributed by atoms with van der Waals surface area (Å²) in [4.78, 5) is 82.6. The lowest BCUT2D eigenvalue weighted by Gasteiger charge is -2.33. The third-order valence-electron chi connectivity index (χ3n) is 17.2. The fourth-order valence-electron chi connectivity index (χ4n) is 11.6. The summed E-state index contributed by atoms with van der Waals surface area (Å²) in [5.74, 6) is -6.86. The Bertz CT molecular complexity index is 4700. The van der Waals surface area contributed by atoms with E-state index in [0.29, 0.717) is 48.8 Å². The Kier molecular flexibility index (Phi) is 24.7. The van der Waals surface area contributed by atoms with Crippen LogP contribution in [0.25, 0.3) is 0 Å². The zero-order valence-electron chi connectivity index (χ0n) is 54.6. The molecule has 3 aliphatic rings. The largest absolute Gasteiger partial charge is 0.357 e. The normalized spacial score (nSPS) is 13.1. The van der Waals surface area contributed by atoms with Crippen molar-refractivity contribution in [3.63, 3.8) is 0 Å². The Hall–Kier alpha value is -10.7. The summed E-state index contributed by atoms with van der Waals surface area (Å²) in [6.45, 7) is 4.54. The van der Waals surface area contributed by atoms with E-state index in [1.54, 1.807) is 84.9 Å². The average Bonchev–Trinajstić information content (AvgIpc) is 1.13. The highest BCUT2D eigenvalue weighted by Gasteiger charge is 2.26. The number of ketones is 3. The first-order valence-corrected chi connectivity index (χ1v) is 33.6. The van der Waals surface area contributed by atoms with Gasteiger partial charge in [-0.15, -0.1) is 0 Å². The second-order valence-electron chi connectivity index (χ2n) is 24.3. The molecule has 522 valence electrons. The molecule has 0 radical (unpaired) electrons. The third-order valence-corrected chi connectivity index (χ3v) is 18.0. The minimum Gasteiger partial charge on any atom is -0.357 e. The monoisotopic (exact) mass is 1440 g/mol. The van der Waals surface area contributed by atoms with Gasteiger partial charge in [-0.2, -0.15) is 0 Å². The molecule has 3 saturated heterocycles. The van der Waals surface area contributed by atoms with Crippen molar-refractivity contribution in [3.05, 3.63) is 299 Å². The highest BCUT2D eigenvalue weighted by molar-refractivity contribution is 6.31. The maximum absolute atomic E-state index is 14.9. The summed E-state index contributed by atoms with van der Waals surface area (Å²) in [5.41, 5.74) is 2.89. The smallest absolute Gasteiger partial charge is 0.256 e. The number of hydrogen-bond acceptors (Lipinski definition) is 9. The second-order valence-corrected chi connectivity index (χ2v) is 25.6. The Morgan fingerprint density at radius 1 is 0.314 bits per heavy atom. The number of amides is 3. The van der Waals surface area contributed by atoms with Crippen molar-refractivity contribution in [2.45, 2.75) is 57.8 Å². The summed E-state index contributed by atoms with van der Waals surface area (Å²) in [6, 6.07) is 42.1. The van der Waals surface area contributed by atoms with E-state index in [1.165, 1.54) is 60.7 Å². The molecule has 3 amide bonds. The van der Waals surface area contributed by atoms with Crippen molar-refractivity contribution in [2.24, 2.45) is 0 Å². The lowest BCUT2D eigenvalue weighted by atomic mass is 9.96. The van der Waals surface area contributed by atoms with Crippen LogP contribution in [0.15, 0.2) is 182 Å². The molecule has 6 N–H and O–H groups in total. The fourth-order valence-corrected chi connectivity index (χ4v) is 11.9. The first kappa shape index (κ1) is 74.0. The van der Waals surface area contributed by atoms with Gasteiger partial charge in [0.25, 0.3) is 17.7 Å². The number of benzene rings is 9. The summed E-state index contributed by atoms with van der Waals surface area (Å²) >= 11 is 17.6. The number of carbonyl (C=O) groups excluding carboxylic acids is 6. The standard InChI is InChI=1S/C27H24ClF2N3O2.C26H22ClF2N3O2.C25H20ClF2N3O2/c28-19-6-9-21(10-7-19)32-27(35)23-16-20(29)8-4-17(23)15-25(34)22-11-5-18(14-24(22)30)26(31)33-12-2-1-3-13-33;27-18-5-8-20(9-6-18)31-26(34)22-15-19(28)7-3-16(22)14-24(33)21-10-4-17(13-23(21)29)25(30)32-11-1-2-12-32;26-17-4-7-19(8-5-17)30-25(33)21-14-18(27)6-2-15(21)13-23(32)20-9-3-16(12-22(20)28)24(29)31-10-1-11-31/h4-11,14,16,31H,1-3,12-13,15H2,(H,32,35);3-10,13,15,30H,1-2,11-12,14H2,(H,31,34);2-9,12,14,29H,1,10-11,13H2,(H,30,33). The quantitative estimate of drug-likeness (QED) is 0.0208. The van der Waals surface area contributed by atoms with E-state index in [-0.39, 0.29) is 86.8 Å². The summed E-state index contributed by atoms with van der Waals surface area (Å²) < 4.78 is 86.1. The highest BCUT2D eigenvalue weighted by Crippen LogP contribution is 2.27. The number of likely N-dealkylation sites (tertiary alicyclic amines) is 3. The molecule has 0 atom stereocenters. The number of Topliss-reactive ketones (excluding diaryl/α,β-unsaturated/α-hetero) is 3. The number of rotatable bonds is 18. The number of anilines is 3. The highest BCUT2D eigenvalue weighted by atomic mass is 35.5. The molecular formula is C78H66Cl3F6N9O6. The lowest BCUT2D eigenvalue weighted by Crippen LogP contribution is -2.42. The van der Waals surface area contributed by atoms with Gasteiger partial charge in [-0.3, -0.25) is 45.0 Å². The SMILES string of the molecule is N=C(c1ccc(C(=O)Cc2ccc(F)cc2C(=O)Nc2ccc(Cl)cc2)c(F)c1)N1CCC1.N=C(c1ccc(C(=O)Cc2ccc(F)cc2C(=O)Nc2ccc(Cl)cc2)c(F)c1)N1CCCC1.N=C(c1ccc(C(=O)Cc2ccc(F)cc2C(=O)Nc2ccc(Cl)cc2)c(F)c1)N1CCCCC1. The Morgan fingerprint density at radius 3 is 0.814 bits per heavy atom. The molecule has 3 aliphatic heterocycles. The summed E-state index contributed by atoms with van der Waals surface area (Å²) in [6.07, 6.45) is 5.22. The van der Waals surface area contributed by atoms with Crippen LogP contribution >= 0.6 is 34.8 Å². The maximum atomic E-state index is 14.9. The van der Waals surface area contributed by atoms with Crippen LogP contribution in [0, 0.1) is 51.1 Å². The molecule has 24 heteroatoms. The molecule has 12 rings (SSSR count). The van der Waals surface area contributed by atoms with Gasteiger partial charge in [-0.05, 0) is 201 Å². The van der Waals surface area contributed by atoms with Crippen molar-refractivity contribution < 1.29 is 55.1 Å². The van der Waals surface area contributed by atoms with Crippen molar-refractivity contribution >= 4 is 104 Å². The number of carbonyl (C=O) groups is 6. The van der Waals surface area contributed by atoms with E-state index < -0.39 is 70.0 Å². The molecule has 9 aromatic carbocycles. The van der Waals surface area contributed by atoms with Gasteiger partial charge in [-0.25, -0.2) is 26.3 Å². The molecule has 0 unspecified atom stereocenters. The average molecular weight is 1450 g/mol. The van der Waals surface area contributed by atoms with Gasteiger partial charge in [0.15, 0.2) is 17.3 Å². The minimum atomic E-state index is -0.739. The van der Waals surface area contributed by atoms with E-state index in [0.717, 1.165) is 114 Å². The molecule has 0 aromatic heterocycles. The molecule has 102 heavy (non-hydrogen) atoms. The molecule has 3 fully saturated rings. The van der Waals surface area contributed by atoms with E-state index in [2.05, 4.69) is 16.0 Å². The topological polar surface area (TPSA) is 220 Å². The summed E-state index contributed by atoms with van der Waals surface area (Å²) in [7, 11) is 0. The first-order chi connectivity index (χ1) is 48.9. The van der Waals surface area contributed by atoms with Crippen molar-refractivity contribution in [2.75, 3.05) is 55.2 Å². The summed E-state index contributed by atoms with van der Waals surface area (Å²) in [5, 5.41) is 34.2. The maximum Gasteiger partial charge on any atom is 0.256 e. The minimum absolute atomic E-state index is 0.0165. The Labute approximate surface area is 598 Å². The molecule has 0 bridgehead atoms. The number of hydrogen-bond donors (Lipinski definition) is 6. The predicted octanol–water partition coefficient (Wildman–Crippen LogP) is 17.2. The number of halogens is 9. The van der Waals surface area contributed by atoms with Crippen LogP contribution in [0.1, 0.15) is 134 Å². The molecule has 0 aliphatic carbocycles. The van der Waals surface area contributed by atoms with Crippen LogP contribution in [-0.4, -0.2) is 107 Å². The van der Waals surface area contributed by atoms with Crippen molar-refractivity contribution in [1.82, 2.24) is 14.7 Å². The molecule has 0 saturated carbocycles. The first-order valence-electron chi connectivity index (χ1n) is 32.5. The van der Waals surface area contributed by atoms with E-state index in [4.69, 9.17) is 51.0 Å². The van der Waals surface area contributed by atoms with Crippen LogP contribution < -0.4 is 16.0 Å². The van der Waals surface area contributed by atoms with Gasteiger partial charge >= 0.3 is 0 Å². The van der Waals surface area contributed by atoms with Gasteiger partial charge in [-0.1, -0.05) is 71.2 Å². The third kappa shape index (κ3) is 19.2. The number of nitrogens with zero attached hydrogens (tertiary/aromatic N) is 3. The van der Waals surface area contributed by atoms with Crippen LogP contribution in [-0.2, 0) is 19.3 Å². The van der Waals surface area contributed by atoms with E-state index >= 15 is 0 Å². The molecule has 0 spiro atoms. The number of nitrogens with one attached hydrogen (secondary N) is 6. The van der Waals surface area contributed by atoms with Crippen LogP contribution in [0.4, 0.5) is 43.4 Å². The number of piperidine rings is 1. The zero-order valence-corrected chi connectivity index (χ0v) is 56.9. The van der Waals surface area contributed by atoms with Gasteiger partial charge in [0, 0.05) is 124 Å². The molecule has 15 nitrogen and oxygen atoms in total. The van der Waals surface area contributed by atoms with E-state index in [9.17, 15) is 55.1 Å². The van der Waals surface area contributed by atoms with Crippen molar-refractivity contribution in [3.8, 4) is 0 Å². The van der Waals surface area contributed by atoms with Crippen LogP contribution in [0.5, 0.6) is 0 Å². The molecule has 3 heterocycles.